The van der Waals surface area contributed by atoms with E-state index in [1.54, 1.807) is 6.07 Å². The Bertz CT molecular complexity index is 911. The van der Waals surface area contributed by atoms with E-state index in [9.17, 15) is 8.42 Å². The number of nitrogens with zero attached hydrogens (tertiary/aromatic N) is 3. The molecule has 1 aliphatic heterocycles. The molecular weight excluding hydrogens is 338 g/mol. The predicted molar refractivity (Wildman–Crippen MR) is 90.9 cm³/mol. The van der Waals surface area contributed by atoms with Gasteiger partial charge in [-0.2, -0.15) is 9.29 Å². The highest BCUT2D eigenvalue weighted by atomic mass is 32.2. The van der Waals surface area contributed by atoms with Gasteiger partial charge in [-0.1, -0.05) is 11.2 Å². The second-order valence-corrected chi connectivity index (χ2v) is 9.36. The minimum absolute atomic E-state index is 0.0207. The number of aryl methyl sites for hydroxylation is 2. The molecule has 0 unspecified atom stereocenters. The van der Waals surface area contributed by atoms with Crippen molar-refractivity contribution in [2.75, 3.05) is 13.1 Å². The lowest BCUT2D eigenvalue weighted by Crippen LogP contribution is -2.48. The van der Waals surface area contributed by atoms with Crippen LogP contribution in [0.3, 0.4) is 0 Å². The van der Waals surface area contributed by atoms with Crippen LogP contribution < -0.4 is 0 Å². The predicted octanol–water partition coefficient (Wildman–Crippen LogP) is 2.61. The number of sulfonamides is 1. The molecule has 3 aliphatic rings. The first-order valence-electron chi connectivity index (χ1n) is 9.07. The first-order valence-corrected chi connectivity index (χ1v) is 10.5. The highest BCUT2D eigenvalue weighted by Gasteiger charge is 2.41. The summed E-state index contributed by atoms with van der Waals surface area (Å²) in [7, 11) is -3.43. The Labute approximate surface area is 147 Å². The molecule has 1 saturated heterocycles. The van der Waals surface area contributed by atoms with Crippen LogP contribution in [0.15, 0.2) is 27.6 Å². The van der Waals surface area contributed by atoms with Crippen molar-refractivity contribution in [1.29, 1.82) is 0 Å². The highest BCUT2D eigenvalue weighted by molar-refractivity contribution is 7.89. The van der Waals surface area contributed by atoms with Gasteiger partial charge in [0.15, 0.2) is 5.82 Å². The van der Waals surface area contributed by atoms with Crippen molar-refractivity contribution in [1.82, 2.24) is 14.4 Å². The zero-order chi connectivity index (χ0) is 17.0. The molecule has 0 radical (unpaired) electrons. The van der Waals surface area contributed by atoms with Gasteiger partial charge in [0.25, 0.3) is 0 Å². The standard InChI is InChI=1S/C18H21N3O3S/c22-25(23,16-8-7-12-3-1-2-4-14(12)9-16)21-10-15(11-21)18-19-17(20-24-18)13-5-6-13/h7-9,13,15H,1-6,10-11H2. The number of hydrogen-bond acceptors (Lipinski definition) is 5. The third kappa shape index (κ3) is 2.69. The smallest absolute Gasteiger partial charge is 0.243 e. The first-order chi connectivity index (χ1) is 12.1. The van der Waals surface area contributed by atoms with Crippen molar-refractivity contribution in [3.8, 4) is 0 Å². The molecule has 5 rings (SSSR count). The molecule has 0 atom stereocenters. The van der Waals surface area contributed by atoms with Crippen LogP contribution in [-0.2, 0) is 22.9 Å². The molecule has 132 valence electrons. The van der Waals surface area contributed by atoms with Crippen molar-refractivity contribution < 1.29 is 12.9 Å². The molecular formula is C18H21N3O3S. The molecule has 2 heterocycles. The molecule has 6 nitrogen and oxygen atoms in total. The maximum atomic E-state index is 12.9. The van der Waals surface area contributed by atoms with Gasteiger partial charge in [-0.05, 0) is 61.8 Å². The van der Waals surface area contributed by atoms with Gasteiger partial charge < -0.3 is 4.52 Å². The lowest BCUT2D eigenvalue weighted by atomic mass is 9.92. The van der Waals surface area contributed by atoms with Gasteiger partial charge in [0, 0.05) is 19.0 Å². The van der Waals surface area contributed by atoms with E-state index in [1.807, 2.05) is 12.1 Å². The van der Waals surface area contributed by atoms with Crippen LogP contribution in [0.2, 0.25) is 0 Å². The number of aromatic nitrogens is 2. The fourth-order valence-electron chi connectivity index (χ4n) is 3.73. The van der Waals surface area contributed by atoms with Gasteiger partial charge in [-0.25, -0.2) is 8.42 Å². The second kappa shape index (κ2) is 5.64. The van der Waals surface area contributed by atoms with Crippen LogP contribution in [0.25, 0.3) is 0 Å². The summed E-state index contributed by atoms with van der Waals surface area (Å²) in [6, 6.07) is 5.61. The van der Waals surface area contributed by atoms with Gasteiger partial charge in [-0.15, -0.1) is 0 Å². The summed E-state index contributed by atoms with van der Waals surface area (Å²) in [4.78, 5) is 4.85. The Morgan fingerprint density at radius 2 is 1.80 bits per heavy atom. The van der Waals surface area contributed by atoms with E-state index in [4.69, 9.17) is 4.52 Å². The van der Waals surface area contributed by atoms with Gasteiger partial charge in [0.2, 0.25) is 15.9 Å². The summed E-state index contributed by atoms with van der Waals surface area (Å²) in [5, 5.41) is 4.02. The fourth-order valence-corrected chi connectivity index (χ4v) is 5.31. The zero-order valence-corrected chi connectivity index (χ0v) is 14.8. The molecule has 1 aromatic heterocycles. The second-order valence-electron chi connectivity index (χ2n) is 7.42. The van der Waals surface area contributed by atoms with Crippen molar-refractivity contribution in [2.24, 2.45) is 0 Å². The summed E-state index contributed by atoms with van der Waals surface area (Å²) in [6.07, 6.45) is 6.63. The van der Waals surface area contributed by atoms with Gasteiger partial charge in [0.1, 0.15) is 0 Å². The summed E-state index contributed by atoms with van der Waals surface area (Å²) < 4.78 is 32.6. The Morgan fingerprint density at radius 1 is 1.04 bits per heavy atom. The first kappa shape index (κ1) is 15.5. The van der Waals surface area contributed by atoms with E-state index in [1.165, 1.54) is 21.9 Å². The summed E-state index contributed by atoms with van der Waals surface area (Å²) in [6.45, 7) is 0.845. The normalized spacial score (nSPS) is 21.8. The van der Waals surface area contributed by atoms with Gasteiger partial charge in [0.05, 0.1) is 10.8 Å². The molecule has 0 N–H and O–H groups in total. The highest BCUT2D eigenvalue weighted by Crippen LogP contribution is 2.39. The lowest BCUT2D eigenvalue weighted by molar-refractivity contribution is 0.216. The van der Waals surface area contributed by atoms with Crippen molar-refractivity contribution in [2.45, 2.75) is 55.3 Å². The molecule has 7 heteroatoms. The van der Waals surface area contributed by atoms with Crippen LogP contribution in [0.4, 0.5) is 0 Å². The Hall–Kier alpha value is -1.73. The van der Waals surface area contributed by atoms with Crippen LogP contribution in [0, 0.1) is 0 Å². The SMILES string of the molecule is O=S(=O)(c1ccc2c(c1)CCCC2)N1CC(c2nc(C3CC3)no2)C1. The summed E-state index contributed by atoms with van der Waals surface area (Å²) in [5.74, 6) is 1.84. The zero-order valence-electron chi connectivity index (χ0n) is 14.0. The van der Waals surface area contributed by atoms with Crippen molar-refractivity contribution >= 4 is 10.0 Å². The summed E-state index contributed by atoms with van der Waals surface area (Å²) in [5.41, 5.74) is 2.49. The van der Waals surface area contributed by atoms with E-state index in [0.29, 0.717) is 29.8 Å². The van der Waals surface area contributed by atoms with E-state index in [0.717, 1.165) is 37.9 Å². The maximum Gasteiger partial charge on any atom is 0.243 e. The fraction of sp³-hybridized carbons (Fsp3) is 0.556. The minimum atomic E-state index is -3.43. The Morgan fingerprint density at radius 3 is 2.56 bits per heavy atom. The van der Waals surface area contributed by atoms with E-state index in [-0.39, 0.29) is 5.92 Å². The molecule has 2 aromatic rings. The number of rotatable bonds is 4. The van der Waals surface area contributed by atoms with Crippen LogP contribution in [0.5, 0.6) is 0 Å². The Kier molecular flexibility index (Phi) is 3.50. The van der Waals surface area contributed by atoms with Crippen LogP contribution in [-0.4, -0.2) is 36.0 Å². The molecule has 1 aromatic carbocycles. The largest absolute Gasteiger partial charge is 0.339 e. The summed E-state index contributed by atoms with van der Waals surface area (Å²) >= 11 is 0. The average Bonchev–Trinajstić information content (AvgIpc) is 3.32. The third-order valence-electron chi connectivity index (χ3n) is 5.55. The average molecular weight is 359 g/mol. The van der Waals surface area contributed by atoms with Crippen LogP contribution in [0.1, 0.15) is 60.4 Å². The maximum absolute atomic E-state index is 12.9. The topological polar surface area (TPSA) is 76.3 Å². The number of hydrogen-bond donors (Lipinski definition) is 0. The molecule has 2 aliphatic carbocycles. The molecule has 0 bridgehead atoms. The van der Waals surface area contributed by atoms with Crippen molar-refractivity contribution in [3.63, 3.8) is 0 Å². The quantitative estimate of drug-likeness (QED) is 0.839. The number of fused-ring (bicyclic) bond motifs is 1. The van der Waals surface area contributed by atoms with E-state index >= 15 is 0 Å². The van der Waals surface area contributed by atoms with Crippen LogP contribution >= 0.6 is 0 Å². The van der Waals surface area contributed by atoms with Crippen molar-refractivity contribution in [3.05, 3.63) is 41.0 Å². The molecule has 1 saturated carbocycles. The lowest BCUT2D eigenvalue weighted by Gasteiger charge is -2.36. The molecule has 25 heavy (non-hydrogen) atoms. The molecule has 0 spiro atoms. The minimum Gasteiger partial charge on any atom is -0.339 e. The molecule has 2 fully saturated rings. The molecule has 0 amide bonds. The van der Waals surface area contributed by atoms with E-state index in [2.05, 4.69) is 10.1 Å². The monoisotopic (exact) mass is 359 g/mol. The number of benzene rings is 1. The Balaban J connectivity index is 1.31. The van der Waals surface area contributed by atoms with Gasteiger partial charge >= 0.3 is 0 Å². The third-order valence-corrected chi connectivity index (χ3v) is 7.38. The van der Waals surface area contributed by atoms with Gasteiger partial charge in [-0.3, -0.25) is 0 Å². The van der Waals surface area contributed by atoms with E-state index < -0.39 is 10.0 Å².